The minimum atomic E-state index is -0.470. The maximum Gasteiger partial charge on any atom is 0.253 e. The van der Waals surface area contributed by atoms with E-state index in [1.807, 2.05) is 37.3 Å². The van der Waals surface area contributed by atoms with Gasteiger partial charge < -0.3 is 14.6 Å². The summed E-state index contributed by atoms with van der Waals surface area (Å²) in [5.74, 6) is 1.09. The Labute approximate surface area is 230 Å². The predicted octanol–water partition coefficient (Wildman–Crippen LogP) is 3.93. The second kappa shape index (κ2) is 10.9. The van der Waals surface area contributed by atoms with E-state index in [1.54, 1.807) is 23.9 Å². The molecule has 1 aliphatic heterocycles. The van der Waals surface area contributed by atoms with Crippen molar-refractivity contribution in [1.82, 2.24) is 30.1 Å². The minimum absolute atomic E-state index is 0.171. The van der Waals surface area contributed by atoms with Gasteiger partial charge in [0.05, 0.1) is 13.7 Å². The zero-order valence-electron chi connectivity index (χ0n) is 22.4. The van der Waals surface area contributed by atoms with E-state index in [4.69, 9.17) is 4.74 Å². The molecule has 9 nitrogen and oxygen atoms in total. The SMILES string of the molecule is COc1ccc(N2CCN(C(c3cc4cc(C)ccc4[nH]c3=O)c3nnnn3Cc3ccc(F)cc3)CC2)cc1. The summed E-state index contributed by atoms with van der Waals surface area (Å²) in [4.78, 5) is 21.2. The molecule has 0 spiro atoms. The fourth-order valence-corrected chi connectivity index (χ4v) is 5.36. The second-order valence-electron chi connectivity index (χ2n) is 10.1. The van der Waals surface area contributed by atoms with Crippen LogP contribution in [0.15, 0.2) is 77.6 Å². The average Bonchev–Trinajstić information content (AvgIpc) is 3.43. The molecule has 0 saturated carbocycles. The summed E-state index contributed by atoms with van der Waals surface area (Å²) in [6.07, 6.45) is 0. The number of benzene rings is 3. The number of H-pyrrole nitrogens is 1. The number of hydrogen-bond acceptors (Lipinski definition) is 7. The number of aryl methyl sites for hydroxylation is 1. The zero-order chi connectivity index (χ0) is 27.6. The molecule has 1 N–H and O–H groups in total. The average molecular weight is 540 g/mol. The van der Waals surface area contributed by atoms with Crippen molar-refractivity contribution in [2.24, 2.45) is 0 Å². The van der Waals surface area contributed by atoms with Crippen molar-refractivity contribution in [3.8, 4) is 5.75 Å². The summed E-state index contributed by atoms with van der Waals surface area (Å²) in [6, 6.07) is 21.8. The standard InChI is InChI=1S/C30H30FN7O2/c1-20-3-12-27-22(17-20)18-26(30(39)32-27)28(29-33-34-35-38(29)19-21-4-6-23(31)7-5-21)37-15-13-36(14-16-37)24-8-10-25(40-2)11-9-24/h3-12,17-18,28H,13-16,19H2,1-2H3,(H,32,39). The highest BCUT2D eigenvalue weighted by Gasteiger charge is 2.33. The smallest absolute Gasteiger partial charge is 0.253 e. The van der Waals surface area contributed by atoms with Gasteiger partial charge in [0.25, 0.3) is 5.56 Å². The molecule has 1 saturated heterocycles. The van der Waals surface area contributed by atoms with Gasteiger partial charge in [-0.25, -0.2) is 9.07 Å². The highest BCUT2D eigenvalue weighted by Crippen LogP contribution is 2.30. The van der Waals surface area contributed by atoms with Crippen molar-refractivity contribution < 1.29 is 9.13 Å². The summed E-state index contributed by atoms with van der Waals surface area (Å²) in [5, 5.41) is 13.6. The number of halogens is 1. The number of nitrogens with one attached hydrogen (secondary N) is 1. The fourth-order valence-electron chi connectivity index (χ4n) is 5.36. The van der Waals surface area contributed by atoms with E-state index in [0.29, 0.717) is 31.0 Å². The summed E-state index contributed by atoms with van der Waals surface area (Å²) >= 11 is 0. The normalized spacial score (nSPS) is 14.9. The molecule has 0 bridgehead atoms. The molecule has 0 radical (unpaired) electrons. The molecule has 0 aliphatic carbocycles. The number of ether oxygens (including phenoxy) is 1. The molecule has 2 aromatic heterocycles. The highest BCUT2D eigenvalue weighted by molar-refractivity contribution is 5.79. The van der Waals surface area contributed by atoms with E-state index >= 15 is 0 Å². The van der Waals surface area contributed by atoms with Gasteiger partial charge in [0.15, 0.2) is 5.82 Å². The van der Waals surface area contributed by atoms with Gasteiger partial charge in [0.1, 0.15) is 17.6 Å². The molecule has 40 heavy (non-hydrogen) atoms. The lowest BCUT2D eigenvalue weighted by molar-refractivity contribution is 0.200. The van der Waals surface area contributed by atoms with Crippen LogP contribution in [0.2, 0.25) is 0 Å². The molecule has 1 aliphatic rings. The summed E-state index contributed by atoms with van der Waals surface area (Å²) in [6.45, 7) is 5.33. The number of tetrazole rings is 1. The maximum absolute atomic E-state index is 13.5. The van der Waals surface area contributed by atoms with E-state index < -0.39 is 6.04 Å². The van der Waals surface area contributed by atoms with Crippen molar-refractivity contribution in [2.75, 3.05) is 38.2 Å². The first-order chi connectivity index (χ1) is 19.5. The molecular weight excluding hydrogens is 509 g/mol. The van der Waals surface area contributed by atoms with Crippen LogP contribution < -0.4 is 15.2 Å². The van der Waals surface area contributed by atoms with Crippen LogP contribution in [-0.4, -0.2) is 63.4 Å². The first-order valence-corrected chi connectivity index (χ1v) is 13.3. The molecule has 204 valence electrons. The molecule has 6 rings (SSSR count). The monoisotopic (exact) mass is 539 g/mol. The summed E-state index contributed by atoms with van der Waals surface area (Å²) < 4.78 is 20.5. The third-order valence-electron chi connectivity index (χ3n) is 7.49. The molecule has 1 unspecified atom stereocenters. The molecule has 3 heterocycles. The van der Waals surface area contributed by atoms with E-state index in [2.05, 4.69) is 48.5 Å². The van der Waals surface area contributed by atoms with Crippen LogP contribution in [0.25, 0.3) is 10.9 Å². The first-order valence-electron chi connectivity index (χ1n) is 13.3. The Kier molecular flexibility index (Phi) is 7.00. The van der Waals surface area contributed by atoms with Crippen molar-refractivity contribution in [2.45, 2.75) is 19.5 Å². The zero-order valence-corrected chi connectivity index (χ0v) is 22.4. The van der Waals surface area contributed by atoms with Gasteiger partial charge in [0, 0.05) is 42.9 Å². The van der Waals surface area contributed by atoms with E-state index in [0.717, 1.165) is 46.6 Å². The van der Waals surface area contributed by atoms with E-state index in [-0.39, 0.29) is 11.4 Å². The third kappa shape index (κ3) is 5.17. The van der Waals surface area contributed by atoms with Crippen LogP contribution in [0, 0.1) is 12.7 Å². The minimum Gasteiger partial charge on any atom is -0.497 e. The van der Waals surface area contributed by atoms with Gasteiger partial charge in [-0.15, -0.1) is 5.10 Å². The van der Waals surface area contributed by atoms with E-state index in [9.17, 15) is 9.18 Å². The van der Waals surface area contributed by atoms with Crippen molar-refractivity contribution in [3.05, 3.63) is 111 Å². The number of aromatic amines is 1. The maximum atomic E-state index is 13.5. The first kappa shape index (κ1) is 25.7. The molecule has 3 aromatic carbocycles. The number of hydrogen-bond donors (Lipinski definition) is 1. The van der Waals surface area contributed by atoms with Crippen LogP contribution >= 0.6 is 0 Å². The summed E-state index contributed by atoms with van der Waals surface area (Å²) in [5.41, 5.74) is 4.30. The Balaban J connectivity index is 1.36. The van der Waals surface area contributed by atoms with Gasteiger partial charge >= 0.3 is 0 Å². The van der Waals surface area contributed by atoms with Crippen LogP contribution in [0.5, 0.6) is 5.75 Å². The second-order valence-corrected chi connectivity index (χ2v) is 10.1. The summed E-state index contributed by atoms with van der Waals surface area (Å²) in [7, 11) is 1.66. The Hall–Kier alpha value is -4.57. The lowest BCUT2D eigenvalue weighted by atomic mass is 10.0. The third-order valence-corrected chi connectivity index (χ3v) is 7.49. The largest absolute Gasteiger partial charge is 0.497 e. The molecular formula is C30H30FN7O2. The quantitative estimate of drug-likeness (QED) is 0.335. The number of pyridine rings is 1. The number of rotatable bonds is 7. The lowest BCUT2D eigenvalue weighted by Crippen LogP contribution is -2.49. The molecule has 1 fully saturated rings. The number of nitrogens with zero attached hydrogens (tertiary/aromatic N) is 6. The molecule has 1 atom stereocenters. The van der Waals surface area contributed by atoms with Crippen LogP contribution in [0.3, 0.4) is 0 Å². The lowest BCUT2D eigenvalue weighted by Gasteiger charge is -2.39. The van der Waals surface area contributed by atoms with Gasteiger partial charge in [-0.05, 0) is 82.9 Å². The Bertz CT molecular complexity index is 1670. The number of piperazine rings is 1. The van der Waals surface area contributed by atoms with Gasteiger partial charge in [-0.1, -0.05) is 23.8 Å². The highest BCUT2D eigenvalue weighted by atomic mass is 19.1. The molecule has 10 heteroatoms. The molecule has 0 amide bonds. The number of aromatic nitrogens is 5. The Morgan fingerprint density at radius 3 is 2.45 bits per heavy atom. The Morgan fingerprint density at radius 1 is 0.975 bits per heavy atom. The van der Waals surface area contributed by atoms with Crippen molar-refractivity contribution in [3.63, 3.8) is 0 Å². The van der Waals surface area contributed by atoms with Gasteiger partial charge in [-0.2, -0.15) is 0 Å². The predicted molar refractivity (Wildman–Crippen MR) is 151 cm³/mol. The molecule has 5 aromatic rings. The topological polar surface area (TPSA) is 92.2 Å². The van der Waals surface area contributed by atoms with Crippen molar-refractivity contribution in [1.29, 1.82) is 0 Å². The van der Waals surface area contributed by atoms with Gasteiger partial charge in [-0.3, -0.25) is 9.69 Å². The Morgan fingerprint density at radius 2 is 1.73 bits per heavy atom. The van der Waals surface area contributed by atoms with Crippen LogP contribution in [0.1, 0.15) is 28.6 Å². The van der Waals surface area contributed by atoms with Gasteiger partial charge in [0.2, 0.25) is 0 Å². The van der Waals surface area contributed by atoms with Crippen molar-refractivity contribution >= 4 is 16.6 Å². The van der Waals surface area contributed by atoms with Crippen LogP contribution in [-0.2, 0) is 6.54 Å². The number of anilines is 1. The number of methoxy groups -OCH3 is 1. The fraction of sp³-hybridized carbons (Fsp3) is 0.267. The van der Waals surface area contributed by atoms with E-state index in [1.165, 1.54) is 12.1 Å². The van der Waals surface area contributed by atoms with Crippen LogP contribution in [0.4, 0.5) is 10.1 Å². The number of fused-ring (bicyclic) bond motifs is 1.